The van der Waals surface area contributed by atoms with E-state index in [1.807, 2.05) is 0 Å². The van der Waals surface area contributed by atoms with E-state index in [9.17, 15) is 0 Å². The lowest BCUT2D eigenvalue weighted by Crippen LogP contribution is -1.83. The average molecular weight is 321 g/mol. The summed E-state index contributed by atoms with van der Waals surface area (Å²) < 4.78 is 0. The molecule has 0 N–H and O–H groups in total. The number of hydrogen-bond donors (Lipinski definition) is 0. The summed E-state index contributed by atoms with van der Waals surface area (Å²) in [6, 6.07) is 0. The number of hydrogen-bond acceptors (Lipinski definition) is 0. The Labute approximate surface area is 148 Å². The largest absolute Gasteiger partial charge is 0.0885 e. The lowest BCUT2D eigenvalue weighted by molar-refractivity contribution is 0.534. The van der Waals surface area contributed by atoms with E-state index < -0.39 is 0 Å². The third-order valence-corrected chi connectivity index (χ3v) is 4.66. The molecule has 2 radical (unpaired) electrons. The highest BCUT2D eigenvalue weighted by atomic mass is 14.0. The predicted molar refractivity (Wildman–Crippen MR) is 108 cm³/mol. The van der Waals surface area contributed by atoms with Crippen molar-refractivity contribution in [1.29, 1.82) is 0 Å². The van der Waals surface area contributed by atoms with Crippen LogP contribution < -0.4 is 0 Å². The summed E-state index contributed by atoms with van der Waals surface area (Å²) in [5.41, 5.74) is 0. The van der Waals surface area contributed by atoms with E-state index in [1.54, 1.807) is 0 Å². The van der Waals surface area contributed by atoms with Gasteiger partial charge in [0, 0.05) is 0 Å². The summed E-state index contributed by atoms with van der Waals surface area (Å²) in [6.45, 7) is 7.76. The Kier molecular flexibility index (Phi) is 21.5. The van der Waals surface area contributed by atoms with Gasteiger partial charge in [-0.1, -0.05) is 122 Å². The smallest absolute Gasteiger partial charge is 0.0351 e. The van der Waals surface area contributed by atoms with Crippen molar-refractivity contribution in [3.05, 3.63) is 26.0 Å². The van der Waals surface area contributed by atoms with E-state index in [-0.39, 0.29) is 0 Å². The molecule has 0 saturated carbocycles. The summed E-state index contributed by atoms with van der Waals surface area (Å²) in [4.78, 5) is 0. The molecule has 0 aliphatic rings. The number of allylic oxidation sites excluding steroid dienone is 2. The van der Waals surface area contributed by atoms with Crippen molar-refractivity contribution in [2.75, 3.05) is 0 Å². The summed E-state index contributed by atoms with van der Waals surface area (Å²) in [5.74, 6) is 0. The minimum atomic E-state index is 1.07. The van der Waals surface area contributed by atoms with Crippen molar-refractivity contribution in [2.24, 2.45) is 0 Å². The van der Waals surface area contributed by atoms with Crippen LogP contribution in [0.15, 0.2) is 12.2 Å². The molecule has 0 aliphatic carbocycles. The molecule has 0 bridgehead atoms. The Balaban J connectivity index is 2.98. The van der Waals surface area contributed by atoms with E-state index in [4.69, 9.17) is 0 Å². The third-order valence-electron chi connectivity index (χ3n) is 4.66. The average Bonchev–Trinajstić information content (AvgIpc) is 2.57. The van der Waals surface area contributed by atoms with Crippen LogP contribution in [0.2, 0.25) is 0 Å². The molecular weight excluding hydrogens is 276 g/mol. The van der Waals surface area contributed by atoms with Gasteiger partial charge in [-0.05, 0) is 25.7 Å². The maximum absolute atomic E-state index is 3.90. The van der Waals surface area contributed by atoms with Gasteiger partial charge in [0.05, 0.1) is 0 Å². The molecule has 23 heavy (non-hydrogen) atoms. The molecule has 0 fully saturated rings. The summed E-state index contributed by atoms with van der Waals surface area (Å²) >= 11 is 0. The van der Waals surface area contributed by atoms with Crippen molar-refractivity contribution in [2.45, 2.75) is 122 Å². The van der Waals surface area contributed by atoms with Gasteiger partial charge in [0.1, 0.15) is 0 Å². The molecule has 0 heterocycles. The molecule has 0 heteroatoms. The molecule has 0 amide bonds. The molecule has 0 aromatic heterocycles. The molecule has 0 atom stereocenters. The summed E-state index contributed by atoms with van der Waals surface area (Å²) in [7, 11) is 0. The van der Waals surface area contributed by atoms with Crippen LogP contribution >= 0.6 is 0 Å². The van der Waals surface area contributed by atoms with Crippen LogP contribution in [-0.2, 0) is 0 Å². The van der Waals surface area contributed by atoms with E-state index in [2.05, 4.69) is 26.0 Å². The van der Waals surface area contributed by atoms with Crippen molar-refractivity contribution >= 4 is 0 Å². The quantitative estimate of drug-likeness (QED) is 0.165. The molecule has 0 aromatic carbocycles. The van der Waals surface area contributed by atoms with E-state index >= 15 is 0 Å². The van der Waals surface area contributed by atoms with Crippen LogP contribution in [0.25, 0.3) is 0 Å². The van der Waals surface area contributed by atoms with Crippen LogP contribution in [0.4, 0.5) is 0 Å². The second-order valence-electron chi connectivity index (χ2n) is 7.06. The molecule has 0 aliphatic heterocycles. The monoisotopic (exact) mass is 320 g/mol. The SMILES string of the molecule is [CH2]CCC/C=C/CCCCCCCCCCCCCCCC[CH2]. The van der Waals surface area contributed by atoms with Crippen molar-refractivity contribution < 1.29 is 0 Å². The minimum absolute atomic E-state index is 1.07. The standard InChI is InChI=1S/C23H44/c1-3-5-7-9-11-13-15-17-19-21-23-22-20-18-16-14-12-10-8-6-4-2/h9,11H,1-8,10,12-23H2/b11-9+. The molecule has 0 unspecified atom stereocenters. The molecule has 136 valence electrons. The number of unbranched alkanes of at least 4 members (excludes halogenated alkanes) is 17. The first kappa shape index (κ1) is 22.7. The van der Waals surface area contributed by atoms with Gasteiger partial charge in [0.15, 0.2) is 0 Å². The van der Waals surface area contributed by atoms with E-state index in [0.717, 1.165) is 12.8 Å². The zero-order valence-corrected chi connectivity index (χ0v) is 16.0. The fourth-order valence-corrected chi connectivity index (χ4v) is 3.06. The second-order valence-corrected chi connectivity index (χ2v) is 7.06. The fourth-order valence-electron chi connectivity index (χ4n) is 3.06. The van der Waals surface area contributed by atoms with Crippen LogP contribution in [0.3, 0.4) is 0 Å². The Bertz CT molecular complexity index is 216. The minimum Gasteiger partial charge on any atom is -0.0885 e. The van der Waals surface area contributed by atoms with Crippen LogP contribution in [-0.4, -0.2) is 0 Å². The molecule has 0 rings (SSSR count). The lowest BCUT2D eigenvalue weighted by Gasteiger charge is -2.03. The topological polar surface area (TPSA) is 0 Å². The zero-order chi connectivity index (χ0) is 16.8. The first-order valence-electron chi connectivity index (χ1n) is 10.6. The van der Waals surface area contributed by atoms with Gasteiger partial charge in [0.25, 0.3) is 0 Å². The van der Waals surface area contributed by atoms with Gasteiger partial charge in [0.2, 0.25) is 0 Å². The van der Waals surface area contributed by atoms with Gasteiger partial charge in [-0.25, -0.2) is 0 Å². The third kappa shape index (κ3) is 21.7. The second kappa shape index (κ2) is 21.7. The highest BCUT2D eigenvalue weighted by molar-refractivity contribution is 4.81. The van der Waals surface area contributed by atoms with E-state index in [0.29, 0.717) is 0 Å². The first-order valence-corrected chi connectivity index (χ1v) is 10.6. The van der Waals surface area contributed by atoms with E-state index in [1.165, 1.54) is 109 Å². The van der Waals surface area contributed by atoms with Crippen LogP contribution in [0.5, 0.6) is 0 Å². The highest BCUT2D eigenvalue weighted by Gasteiger charge is 1.94. The van der Waals surface area contributed by atoms with Gasteiger partial charge >= 0.3 is 0 Å². The van der Waals surface area contributed by atoms with Gasteiger partial charge in [-0.3, -0.25) is 0 Å². The Hall–Kier alpha value is -0.260. The normalized spacial score (nSPS) is 11.6. The maximum atomic E-state index is 3.90. The summed E-state index contributed by atoms with van der Waals surface area (Å²) in [6.07, 6.45) is 30.7. The van der Waals surface area contributed by atoms with Gasteiger partial charge in [-0.2, -0.15) is 0 Å². The Morgan fingerprint density at radius 1 is 0.348 bits per heavy atom. The van der Waals surface area contributed by atoms with Gasteiger partial charge < -0.3 is 0 Å². The first-order chi connectivity index (χ1) is 11.4. The highest BCUT2D eigenvalue weighted by Crippen LogP contribution is 2.13. The van der Waals surface area contributed by atoms with Crippen molar-refractivity contribution in [3.8, 4) is 0 Å². The Morgan fingerprint density at radius 2 is 0.652 bits per heavy atom. The van der Waals surface area contributed by atoms with Crippen molar-refractivity contribution in [1.82, 2.24) is 0 Å². The fraction of sp³-hybridized carbons (Fsp3) is 0.826. The van der Waals surface area contributed by atoms with Crippen LogP contribution in [0, 0.1) is 13.8 Å². The maximum Gasteiger partial charge on any atom is -0.0351 e. The molecular formula is C23H44. The molecule has 0 saturated heterocycles. The van der Waals surface area contributed by atoms with Crippen LogP contribution in [0.1, 0.15) is 122 Å². The van der Waals surface area contributed by atoms with Crippen molar-refractivity contribution in [3.63, 3.8) is 0 Å². The predicted octanol–water partition coefficient (Wildman–Crippen LogP) is 8.62. The Morgan fingerprint density at radius 3 is 1.04 bits per heavy atom. The molecule has 0 nitrogen and oxygen atoms in total. The lowest BCUT2D eigenvalue weighted by atomic mass is 10.0. The number of rotatable bonds is 19. The van der Waals surface area contributed by atoms with Gasteiger partial charge in [-0.15, -0.1) is 0 Å². The zero-order valence-electron chi connectivity index (χ0n) is 16.0. The summed E-state index contributed by atoms with van der Waals surface area (Å²) in [5, 5.41) is 0. The molecule has 0 aromatic rings. The molecule has 0 spiro atoms.